The van der Waals surface area contributed by atoms with Crippen LogP contribution in [0.3, 0.4) is 0 Å². The molecule has 0 radical (unpaired) electrons. The van der Waals surface area contributed by atoms with Gasteiger partial charge in [-0.2, -0.15) is 0 Å². The van der Waals surface area contributed by atoms with Crippen LogP contribution in [0.4, 0.5) is 0 Å². The van der Waals surface area contributed by atoms with Gasteiger partial charge in [-0.15, -0.1) is 0 Å². The number of amides is 6. The van der Waals surface area contributed by atoms with E-state index >= 15 is 0 Å². The summed E-state index contributed by atoms with van der Waals surface area (Å²) in [6.45, 7) is 1.42. The van der Waals surface area contributed by atoms with Crippen molar-refractivity contribution in [2.24, 2.45) is 0 Å². The summed E-state index contributed by atoms with van der Waals surface area (Å²) in [4.78, 5) is 70.8. The molecular weight excluding hydrogens is 396 g/mol. The molecular formula is C19H24N4O7. The molecule has 0 spiro atoms. The Kier molecular flexibility index (Phi) is 8.88. The first kappa shape index (κ1) is 22.9. The molecule has 6 amide bonds. The highest BCUT2D eigenvalue weighted by atomic mass is 16.5. The number of hydrogen-bond donors (Lipinski definition) is 2. The average molecular weight is 420 g/mol. The molecule has 30 heavy (non-hydrogen) atoms. The first-order chi connectivity index (χ1) is 14.4. The number of imide groups is 2. The molecule has 11 heteroatoms. The number of hydrogen-bond acceptors (Lipinski definition) is 7. The van der Waals surface area contributed by atoms with Gasteiger partial charge in [-0.05, 0) is 6.42 Å². The van der Waals surface area contributed by atoms with Crippen molar-refractivity contribution in [2.45, 2.75) is 19.3 Å². The predicted octanol–water partition coefficient (Wildman–Crippen LogP) is -1.74. The third-order valence-electron chi connectivity index (χ3n) is 4.28. The van der Waals surface area contributed by atoms with Gasteiger partial charge in [-0.3, -0.25) is 38.6 Å². The van der Waals surface area contributed by atoms with E-state index in [1.165, 1.54) is 24.3 Å². The zero-order chi connectivity index (χ0) is 21.9. The highest BCUT2D eigenvalue weighted by Crippen LogP contribution is 2.04. The SMILES string of the molecule is O=C(CCN1C(=O)C=CC1=O)NCCCOCCNC(=O)CCN1C(=O)C=CC1=O. The first-order valence-electron chi connectivity index (χ1n) is 9.56. The molecule has 2 heterocycles. The summed E-state index contributed by atoms with van der Waals surface area (Å²) in [5, 5.41) is 5.30. The monoisotopic (exact) mass is 420 g/mol. The summed E-state index contributed by atoms with van der Waals surface area (Å²) < 4.78 is 5.35. The third-order valence-corrected chi connectivity index (χ3v) is 4.28. The van der Waals surface area contributed by atoms with Crippen LogP contribution in [-0.2, 0) is 33.5 Å². The normalized spacial score (nSPS) is 15.5. The molecule has 0 aromatic carbocycles. The molecule has 2 aliphatic heterocycles. The molecule has 11 nitrogen and oxygen atoms in total. The van der Waals surface area contributed by atoms with Gasteiger partial charge >= 0.3 is 0 Å². The van der Waals surface area contributed by atoms with Crippen molar-refractivity contribution in [2.75, 3.05) is 39.4 Å². The summed E-state index contributed by atoms with van der Waals surface area (Å²) in [6.07, 6.45) is 5.31. The lowest BCUT2D eigenvalue weighted by Crippen LogP contribution is -2.35. The second-order valence-corrected chi connectivity index (χ2v) is 6.49. The second kappa shape index (κ2) is 11.6. The van der Waals surface area contributed by atoms with Crippen LogP contribution in [0.25, 0.3) is 0 Å². The van der Waals surface area contributed by atoms with E-state index in [1.807, 2.05) is 0 Å². The fraction of sp³-hybridized carbons (Fsp3) is 0.474. The lowest BCUT2D eigenvalue weighted by atomic mass is 10.3. The van der Waals surface area contributed by atoms with Crippen LogP contribution in [-0.4, -0.2) is 84.6 Å². The Bertz CT molecular complexity index is 675. The number of carbonyl (C=O) groups is 6. The van der Waals surface area contributed by atoms with Gasteiger partial charge in [-0.25, -0.2) is 0 Å². The van der Waals surface area contributed by atoms with Crippen LogP contribution in [0.1, 0.15) is 19.3 Å². The largest absolute Gasteiger partial charge is 0.380 e. The molecule has 0 aromatic rings. The fourth-order valence-electron chi connectivity index (χ4n) is 2.67. The topological polar surface area (TPSA) is 142 Å². The number of carbonyl (C=O) groups excluding carboxylic acids is 6. The molecule has 2 rings (SSSR count). The van der Waals surface area contributed by atoms with Crippen molar-refractivity contribution in [3.8, 4) is 0 Å². The minimum atomic E-state index is -0.418. The maximum Gasteiger partial charge on any atom is 0.253 e. The minimum Gasteiger partial charge on any atom is -0.380 e. The van der Waals surface area contributed by atoms with Crippen molar-refractivity contribution in [3.63, 3.8) is 0 Å². The second-order valence-electron chi connectivity index (χ2n) is 6.49. The Balaban J connectivity index is 1.41. The molecule has 0 saturated carbocycles. The van der Waals surface area contributed by atoms with E-state index in [2.05, 4.69) is 10.6 Å². The maximum atomic E-state index is 11.7. The molecule has 2 aliphatic rings. The molecule has 0 bridgehead atoms. The van der Waals surface area contributed by atoms with E-state index in [0.29, 0.717) is 19.6 Å². The van der Waals surface area contributed by atoms with E-state index in [1.54, 1.807) is 0 Å². The maximum absolute atomic E-state index is 11.7. The quantitative estimate of drug-likeness (QED) is 0.266. The van der Waals surface area contributed by atoms with Gasteiger partial charge in [0.15, 0.2) is 0 Å². The standard InChI is InChI=1S/C19H24N4O7/c24-14(6-10-22-16(26)2-3-17(22)27)20-8-1-12-30-13-9-21-15(25)7-11-23-18(28)4-5-19(23)29/h2-5H,1,6-13H2,(H,20,24)(H,21,25). The van der Waals surface area contributed by atoms with Crippen LogP contribution in [0.5, 0.6) is 0 Å². The van der Waals surface area contributed by atoms with E-state index in [0.717, 1.165) is 9.80 Å². The number of rotatable bonds is 13. The highest BCUT2D eigenvalue weighted by Gasteiger charge is 2.24. The first-order valence-corrected chi connectivity index (χ1v) is 9.56. The van der Waals surface area contributed by atoms with Crippen molar-refractivity contribution >= 4 is 35.4 Å². The Hall–Kier alpha value is -3.34. The number of nitrogens with one attached hydrogen (secondary N) is 2. The third kappa shape index (κ3) is 7.24. The molecule has 0 aliphatic carbocycles. The number of nitrogens with zero attached hydrogens (tertiary/aromatic N) is 2. The van der Waals surface area contributed by atoms with Crippen LogP contribution >= 0.6 is 0 Å². The van der Waals surface area contributed by atoms with E-state index < -0.39 is 23.6 Å². The van der Waals surface area contributed by atoms with Gasteiger partial charge in [-0.1, -0.05) is 0 Å². The van der Waals surface area contributed by atoms with Gasteiger partial charge in [0.05, 0.1) is 6.61 Å². The molecule has 0 saturated heterocycles. The molecule has 162 valence electrons. The van der Waals surface area contributed by atoms with Crippen molar-refractivity contribution in [1.82, 2.24) is 20.4 Å². The van der Waals surface area contributed by atoms with E-state index in [4.69, 9.17) is 4.74 Å². The summed E-state index contributed by atoms with van der Waals surface area (Å²) >= 11 is 0. The van der Waals surface area contributed by atoms with Crippen molar-refractivity contribution in [1.29, 1.82) is 0 Å². The van der Waals surface area contributed by atoms with Crippen LogP contribution in [0.15, 0.2) is 24.3 Å². The Morgan fingerprint density at radius 2 is 1.13 bits per heavy atom. The summed E-state index contributed by atoms with van der Waals surface area (Å²) in [5.41, 5.74) is 0. The zero-order valence-corrected chi connectivity index (χ0v) is 16.4. The lowest BCUT2D eigenvalue weighted by Gasteiger charge is -2.13. The van der Waals surface area contributed by atoms with Crippen molar-refractivity contribution < 1.29 is 33.5 Å². The van der Waals surface area contributed by atoms with E-state index in [9.17, 15) is 28.8 Å². The summed E-state index contributed by atoms with van der Waals surface area (Å²) in [5.74, 6) is -2.22. The fourth-order valence-corrected chi connectivity index (χ4v) is 2.67. The summed E-state index contributed by atoms with van der Waals surface area (Å²) in [6, 6.07) is 0. The van der Waals surface area contributed by atoms with Crippen LogP contribution < -0.4 is 10.6 Å². The Morgan fingerprint density at radius 1 is 0.700 bits per heavy atom. The van der Waals surface area contributed by atoms with Gasteiger partial charge < -0.3 is 15.4 Å². The minimum absolute atomic E-state index is 0.0237. The predicted molar refractivity (Wildman–Crippen MR) is 102 cm³/mol. The Morgan fingerprint density at radius 3 is 1.60 bits per heavy atom. The smallest absolute Gasteiger partial charge is 0.253 e. The van der Waals surface area contributed by atoms with Gasteiger partial charge in [0, 0.05) is 69.9 Å². The van der Waals surface area contributed by atoms with Crippen LogP contribution in [0.2, 0.25) is 0 Å². The lowest BCUT2D eigenvalue weighted by molar-refractivity contribution is -0.139. The van der Waals surface area contributed by atoms with Gasteiger partial charge in [0.25, 0.3) is 23.6 Å². The molecule has 0 unspecified atom stereocenters. The van der Waals surface area contributed by atoms with Gasteiger partial charge in [0.1, 0.15) is 0 Å². The molecule has 0 aromatic heterocycles. The van der Waals surface area contributed by atoms with Crippen LogP contribution in [0, 0.1) is 0 Å². The molecule has 2 N–H and O–H groups in total. The number of ether oxygens (including phenoxy) is 1. The zero-order valence-electron chi connectivity index (χ0n) is 16.4. The van der Waals surface area contributed by atoms with Crippen molar-refractivity contribution in [3.05, 3.63) is 24.3 Å². The molecule has 0 atom stereocenters. The average Bonchev–Trinajstić information content (AvgIpc) is 3.21. The highest BCUT2D eigenvalue weighted by molar-refractivity contribution is 6.13. The molecule has 0 fully saturated rings. The summed E-state index contributed by atoms with van der Waals surface area (Å²) in [7, 11) is 0. The van der Waals surface area contributed by atoms with Gasteiger partial charge in [0.2, 0.25) is 11.8 Å². The Labute approximate surface area is 173 Å². The van der Waals surface area contributed by atoms with E-state index in [-0.39, 0.29) is 50.9 Å².